The topological polar surface area (TPSA) is 57.8 Å². The Balaban J connectivity index is 1.72. The van der Waals surface area contributed by atoms with Crippen LogP contribution in [-0.4, -0.2) is 10.5 Å². The van der Waals surface area contributed by atoms with Crippen molar-refractivity contribution in [2.24, 2.45) is 7.05 Å². The Morgan fingerprint density at radius 3 is 2.92 bits per heavy atom. The molecule has 1 aliphatic carbocycles. The number of thiophene rings is 1. The molecule has 1 aromatic carbocycles. The Labute approximate surface area is 148 Å². The second kappa shape index (κ2) is 6.01. The van der Waals surface area contributed by atoms with Crippen LogP contribution in [0.1, 0.15) is 39.3 Å². The third-order valence-electron chi connectivity index (χ3n) is 4.78. The molecule has 1 N–H and O–H groups in total. The van der Waals surface area contributed by atoms with Crippen LogP contribution in [0.15, 0.2) is 24.3 Å². The molecule has 4 nitrogen and oxygen atoms in total. The molecule has 1 amide bonds. The number of fused-ring (bicyclic) bond motifs is 2. The van der Waals surface area contributed by atoms with E-state index in [-0.39, 0.29) is 11.7 Å². The normalized spacial score (nSPS) is 13.5. The van der Waals surface area contributed by atoms with Gasteiger partial charge in [-0.15, -0.1) is 11.3 Å². The van der Waals surface area contributed by atoms with Crippen LogP contribution in [0.3, 0.4) is 0 Å². The molecular weight excluding hydrogens is 337 g/mol. The zero-order chi connectivity index (χ0) is 17.6. The van der Waals surface area contributed by atoms with E-state index < -0.39 is 0 Å². The molecule has 2 aromatic heterocycles. The predicted octanol–water partition coefficient (Wildman–Crippen LogP) is 4.38. The van der Waals surface area contributed by atoms with Gasteiger partial charge in [-0.2, -0.15) is 5.26 Å². The highest BCUT2D eigenvalue weighted by atomic mass is 32.1. The maximum absolute atomic E-state index is 14.0. The van der Waals surface area contributed by atoms with Crippen molar-refractivity contribution in [2.45, 2.75) is 25.7 Å². The number of amides is 1. The lowest BCUT2D eigenvalue weighted by Crippen LogP contribution is -2.15. The maximum Gasteiger partial charge on any atom is 0.272 e. The van der Waals surface area contributed by atoms with Crippen LogP contribution in [0.2, 0.25) is 0 Å². The van der Waals surface area contributed by atoms with Crippen molar-refractivity contribution in [3.63, 3.8) is 0 Å². The average Bonchev–Trinajstić information content (AvgIpc) is 3.13. The summed E-state index contributed by atoms with van der Waals surface area (Å²) in [7, 11) is 1.74. The quantitative estimate of drug-likeness (QED) is 0.743. The van der Waals surface area contributed by atoms with E-state index in [1.807, 2.05) is 0 Å². The molecule has 1 aliphatic rings. The summed E-state index contributed by atoms with van der Waals surface area (Å²) in [5.74, 6) is -0.676. The van der Waals surface area contributed by atoms with Crippen molar-refractivity contribution in [2.75, 3.05) is 5.32 Å². The Morgan fingerprint density at radius 2 is 2.16 bits per heavy atom. The van der Waals surface area contributed by atoms with Gasteiger partial charge in [0, 0.05) is 17.3 Å². The molecule has 0 spiro atoms. The lowest BCUT2D eigenvalue weighted by Gasteiger charge is -2.09. The van der Waals surface area contributed by atoms with Gasteiger partial charge < -0.3 is 9.88 Å². The molecule has 4 rings (SSSR count). The van der Waals surface area contributed by atoms with Crippen molar-refractivity contribution >= 4 is 33.1 Å². The van der Waals surface area contributed by atoms with E-state index in [0.717, 1.165) is 31.2 Å². The first-order chi connectivity index (χ1) is 12.1. The van der Waals surface area contributed by atoms with E-state index in [1.165, 1.54) is 22.3 Å². The average molecular weight is 353 g/mol. The first kappa shape index (κ1) is 15.9. The minimum Gasteiger partial charge on any atom is -0.340 e. The monoisotopic (exact) mass is 353 g/mol. The van der Waals surface area contributed by atoms with E-state index in [2.05, 4.69) is 11.4 Å². The number of hydrogen-bond donors (Lipinski definition) is 1. The minimum absolute atomic E-state index is 0.326. The number of rotatable bonds is 2. The molecule has 0 bridgehead atoms. The fourth-order valence-electron chi connectivity index (χ4n) is 3.48. The maximum atomic E-state index is 14.0. The highest BCUT2D eigenvalue weighted by Gasteiger charge is 2.23. The van der Waals surface area contributed by atoms with Crippen LogP contribution in [0.25, 0.3) is 10.9 Å². The number of hydrogen-bond acceptors (Lipinski definition) is 3. The lowest BCUT2D eigenvalue weighted by atomic mass is 9.96. The molecule has 25 heavy (non-hydrogen) atoms. The highest BCUT2D eigenvalue weighted by molar-refractivity contribution is 7.16. The number of nitrogens with zero attached hydrogens (tertiary/aromatic N) is 2. The highest BCUT2D eigenvalue weighted by Crippen LogP contribution is 2.38. The van der Waals surface area contributed by atoms with Gasteiger partial charge in [0.15, 0.2) is 0 Å². The zero-order valence-electron chi connectivity index (χ0n) is 13.7. The van der Waals surface area contributed by atoms with Crippen LogP contribution in [0, 0.1) is 17.1 Å². The molecule has 2 heterocycles. The number of carbonyl (C=O) groups is 1. The van der Waals surface area contributed by atoms with Gasteiger partial charge >= 0.3 is 0 Å². The van der Waals surface area contributed by atoms with E-state index >= 15 is 0 Å². The molecule has 0 aliphatic heterocycles. The Kier molecular flexibility index (Phi) is 3.81. The largest absolute Gasteiger partial charge is 0.340 e. The number of aryl methyl sites for hydroxylation is 2. The number of anilines is 1. The fourth-order valence-corrected chi connectivity index (χ4v) is 4.72. The Bertz CT molecular complexity index is 1040. The third kappa shape index (κ3) is 2.52. The van der Waals surface area contributed by atoms with Crippen molar-refractivity contribution in [1.82, 2.24) is 4.57 Å². The SMILES string of the molecule is Cn1c(C(=O)Nc2sc3c(c2C#N)CCCC3)cc2c(F)cccc21. The standard InChI is InChI=1S/C19H16FN3OS/c1-23-15-7-4-6-14(20)12(15)9-16(23)18(24)22-19-13(10-21)11-5-2-3-8-17(11)25-19/h4,6-7,9H,2-3,5,8H2,1H3,(H,22,24). The Hall–Kier alpha value is -2.65. The smallest absolute Gasteiger partial charge is 0.272 e. The number of carbonyl (C=O) groups excluding carboxylic acids is 1. The molecular formula is C19H16FN3OS. The van der Waals surface area contributed by atoms with Gasteiger partial charge in [-0.1, -0.05) is 6.07 Å². The number of nitrogens with one attached hydrogen (secondary N) is 1. The number of benzene rings is 1. The summed E-state index contributed by atoms with van der Waals surface area (Å²) in [6.07, 6.45) is 4.05. The van der Waals surface area contributed by atoms with Crippen molar-refractivity contribution in [1.29, 1.82) is 5.26 Å². The number of halogens is 1. The molecule has 0 fully saturated rings. The first-order valence-corrected chi connectivity index (χ1v) is 9.01. The molecule has 0 atom stereocenters. The third-order valence-corrected chi connectivity index (χ3v) is 5.98. The van der Waals surface area contributed by atoms with Crippen LogP contribution >= 0.6 is 11.3 Å². The van der Waals surface area contributed by atoms with E-state index in [4.69, 9.17) is 0 Å². The van der Waals surface area contributed by atoms with Crippen LogP contribution in [0.5, 0.6) is 0 Å². The molecule has 126 valence electrons. The second-order valence-corrected chi connectivity index (χ2v) is 7.35. The van der Waals surface area contributed by atoms with Gasteiger partial charge in [0.05, 0.1) is 11.1 Å². The summed E-state index contributed by atoms with van der Waals surface area (Å²) < 4.78 is 15.6. The van der Waals surface area contributed by atoms with Gasteiger partial charge in [0.1, 0.15) is 22.6 Å². The molecule has 3 aromatic rings. The van der Waals surface area contributed by atoms with E-state index in [1.54, 1.807) is 29.8 Å². The van der Waals surface area contributed by atoms with Gasteiger partial charge in [-0.25, -0.2) is 4.39 Å². The van der Waals surface area contributed by atoms with Crippen molar-refractivity contribution in [3.8, 4) is 6.07 Å². The second-order valence-electron chi connectivity index (χ2n) is 6.24. The van der Waals surface area contributed by atoms with Crippen LogP contribution in [-0.2, 0) is 19.9 Å². The van der Waals surface area contributed by atoms with Gasteiger partial charge in [-0.3, -0.25) is 4.79 Å². The molecule has 0 saturated carbocycles. The molecule has 6 heteroatoms. The summed E-state index contributed by atoms with van der Waals surface area (Å²) in [6, 6.07) is 8.58. The molecule has 0 saturated heterocycles. The van der Waals surface area contributed by atoms with E-state index in [9.17, 15) is 14.4 Å². The van der Waals surface area contributed by atoms with Gasteiger partial charge in [0.2, 0.25) is 0 Å². The number of nitriles is 1. The summed E-state index contributed by atoms with van der Waals surface area (Å²) in [5.41, 5.74) is 2.70. The van der Waals surface area contributed by atoms with Crippen molar-refractivity contribution < 1.29 is 9.18 Å². The Morgan fingerprint density at radius 1 is 1.36 bits per heavy atom. The fraction of sp³-hybridized carbons (Fsp3) is 0.263. The van der Waals surface area contributed by atoms with Crippen molar-refractivity contribution in [3.05, 3.63) is 51.8 Å². The molecule has 0 unspecified atom stereocenters. The van der Waals surface area contributed by atoms with Crippen LogP contribution < -0.4 is 5.32 Å². The summed E-state index contributed by atoms with van der Waals surface area (Å²) in [4.78, 5) is 13.9. The zero-order valence-corrected chi connectivity index (χ0v) is 14.5. The summed E-state index contributed by atoms with van der Waals surface area (Å²) in [5, 5.41) is 13.4. The predicted molar refractivity (Wildman–Crippen MR) is 96.5 cm³/mol. The van der Waals surface area contributed by atoms with E-state index in [0.29, 0.717) is 27.2 Å². The first-order valence-electron chi connectivity index (χ1n) is 8.20. The van der Waals surface area contributed by atoms with Gasteiger partial charge in [-0.05, 0) is 49.4 Å². The molecule has 0 radical (unpaired) electrons. The minimum atomic E-state index is -0.351. The lowest BCUT2D eigenvalue weighted by molar-refractivity contribution is 0.102. The van der Waals surface area contributed by atoms with Gasteiger partial charge in [0.25, 0.3) is 5.91 Å². The summed E-state index contributed by atoms with van der Waals surface area (Å²) in [6.45, 7) is 0. The van der Waals surface area contributed by atoms with Crippen LogP contribution in [0.4, 0.5) is 9.39 Å². The number of aromatic nitrogens is 1. The summed E-state index contributed by atoms with van der Waals surface area (Å²) >= 11 is 1.49.